The largest absolute Gasteiger partial charge is 0.454 e. The van der Waals surface area contributed by atoms with E-state index in [2.05, 4.69) is 184 Å². The van der Waals surface area contributed by atoms with E-state index in [1.165, 1.54) is 144 Å². The maximum atomic E-state index is 6.96. The zero-order valence-corrected chi connectivity index (χ0v) is 40.7. The normalized spacial score (nSPS) is 19.5. The lowest BCUT2D eigenvalue weighted by Gasteiger charge is -2.43. The van der Waals surface area contributed by atoms with Crippen LogP contribution in [0, 0.1) is 13.8 Å². The average molecular weight is 843 g/mol. The number of nitrogens with zero attached hydrogens (tertiary/aromatic N) is 1. The number of fused-ring (bicyclic) bond motifs is 9. The Hall–Kier alpha value is -5.22. The SMILES string of the molecule is Cc1cc(-c2cc3c(cc2Nc2ccc4c(c2)C(C)(C)CCC4(C)C)C(C)(C)CCC3(C)C)c2c(c1)N(c1cc3c(cc1C)CCCC3(C)C)c1c(ccc3c1oc1ccccc13)B2. The monoisotopic (exact) mass is 843 g/mol. The molecule has 3 nitrogen and oxygen atoms in total. The predicted molar refractivity (Wildman–Crippen MR) is 276 cm³/mol. The molecule has 4 aliphatic rings. The van der Waals surface area contributed by atoms with Gasteiger partial charge >= 0.3 is 0 Å². The second-order valence-corrected chi connectivity index (χ2v) is 23.8. The summed E-state index contributed by atoms with van der Waals surface area (Å²) in [5.74, 6) is 0. The third-order valence-corrected chi connectivity index (χ3v) is 16.9. The number of anilines is 5. The van der Waals surface area contributed by atoms with E-state index >= 15 is 0 Å². The molecule has 2 heterocycles. The molecule has 0 bridgehead atoms. The van der Waals surface area contributed by atoms with Crippen molar-refractivity contribution in [2.45, 2.75) is 155 Å². The lowest BCUT2D eigenvalue weighted by Crippen LogP contribution is -2.41. The number of rotatable bonds is 4. The van der Waals surface area contributed by atoms with Gasteiger partial charge in [-0.3, -0.25) is 0 Å². The van der Waals surface area contributed by atoms with Crippen molar-refractivity contribution in [1.82, 2.24) is 0 Å². The highest BCUT2D eigenvalue weighted by atomic mass is 16.3. The second kappa shape index (κ2) is 13.9. The smallest absolute Gasteiger partial charge is 0.198 e. The Kier molecular flexibility index (Phi) is 9.01. The first-order valence-corrected chi connectivity index (χ1v) is 24.3. The van der Waals surface area contributed by atoms with Gasteiger partial charge in [0, 0.05) is 39.1 Å². The summed E-state index contributed by atoms with van der Waals surface area (Å²) in [6.45, 7) is 29.1. The van der Waals surface area contributed by atoms with Crippen molar-refractivity contribution in [2.24, 2.45) is 0 Å². The Balaban J connectivity index is 1.18. The van der Waals surface area contributed by atoms with Crippen LogP contribution in [0.3, 0.4) is 0 Å². The number of aryl methyl sites for hydroxylation is 3. The molecule has 0 fully saturated rings. The summed E-state index contributed by atoms with van der Waals surface area (Å²) in [6, 6.07) is 35.7. The third kappa shape index (κ3) is 6.35. The quantitative estimate of drug-likeness (QED) is 0.179. The van der Waals surface area contributed by atoms with Crippen LogP contribution < -0.4 is 21.1 Å². The van der Waals surface area contributed by atoms with Crippen molar-refractivity contribution in [3.63, 3.8) is 0 Å². The van der Waals surface area contributed by atoms with Crippen LogP contribution in [0.25, 0.3) is 33.1 Å². The summed E-state index contributed by atoms with van der Waals surface area (Å²) < 4.78 is 6.96. The Morgan fingerprint density at radius 1 is 0.562 bits per heavy atom. The van der Waals surface area contributed by atoms with Crippen LogP contribution in [0.1, 0.15) is 152 Å². The van der Waals surface area contributed by atoms with E-state index in [-0.39, 0.29) is 27.1 Å². The second-order valence-electron chi connectivity index (χ2n) is 23.8. The third-order valence-electron chi connectivity index (χ3n) is 16.9. The molecule has 7 aromatic rings. The molecule has 0 saturated carbocycles. The fourth-order valence-electron chi connectivity index (χ4n) is 12.6. The van der Waals surface area contributed by atoms with Crippen LogP contribution in [-0.4, -0.2) is 7.28 Å². The van der Waals surface area contributed by atoms with Gasteiger partial charge in [-0.25, -0.2) is 0 Å². The van der Waals surface area contributed by atoms with Crippen molar-refractivity contribution in [3.05, 3.63) is 136 Å². The van der Waals surface area contributed by atoms with Gasteiger partial charge in [-0.05, 0) is 184 Å². The molecule has 1 N–H and O–H groups in total. The highest BCUT2D eigenvalue weighted by Crippen LogP contribution is 2.52. The number of para-hydroxylation sites is 1. The Bertz CT molecular complexity index is 3100. The average Bonchev–Trinajstić information content (AvgIpc) is 3.62. The molecule has 1 aliphatic heterocycles. The zero-order valence-electron chi connectivity index (χ0n) is 40.7. The van der Waals surface area contributed by atoms with Crippen LogP contribution in [-0.2, 0) is 33.5 Å². The standard InChI is InChI=1S/C60H67BN2O/c1-35-28-42(41-32-46-47(60(11,12)27-26-59(46,9)10)33-49(41)62-38-19-21-43-45(31-38)58(7,8)25-24-57(43,5)6)53-51(29-35)63(50-34-44-37(30-36(50)2)16-15-23-56(44,3)4)54-48(61-53)22-20-40-39-17-13-14-18-52(39)64-55(40)54/h13-14,17-22,28-34,61-62H,15-16,23-27H2,1-12H3. The molecule has 0 amide bonds. The van der Waals surface area contributed by atoms with Crippen molar-refractivity contribution >= 4 is 68.6 Å². The lowest BCUT2D eigenvalue weighted by molar-refractivity contribution is 0.332. The Morgan fingerprint density at radius 3 is 1.95 bits per heavy atom. The summed E-state index contributed by atoms with van der Waals surface area (Å²) in [6.07, 6.45) is 8.33. The van der Waals surface area contributed by atoms with Gasteiger partial charge in [-0.2, -0.15) is 0 Å². The molecule has 11 rings (SSSR count). The molecule has 64 heavy (non-hydrogen) atoms. The zero-order chi connectivity index (χ0) is 44.9. The number of nitrogens with one attached hydrogen (secondary N) is 1. The van der Waals surface area contributed by atoms with Crippen molar-refractivity contribution in [2.75, 3.05) is 10.2 Å². The van der Waals surface area contributed by atoms with E-state index in [9.17, 15) is 0 Å². The van der Waals surface area contributed by atoms with Crippen LogP contribution >= 0.6 is 0 Å². The first-order valence-electron chi connectivity index (χ1n) is 24.3. The van der Waals surface area contributed by atoms with Gasteiger partial charge in [0.1, 0.15) is 5.58 Å². The molecule has 0 unspecified atom stereocenters. The van der Waals surface area contributed by atoms with E-state index in [0.717, 1.165) is 24.9 Å². The van der Waals surface area contributed by atoms with Crippen molar-refractivity contribution in [3.8, 4) is 11.1 Å². The van der Waals surface area contributed by atoms with Gasteiger partial charge < -0.3 is 14.6 Å². The maximum Gasteiger partial charge on any atom is 0.198 e. The first kappa shape index (κ1) is 41.5. The number of furan rings is 1. The van der Waals surface area contributed by atoms with E-state index in [4.69, 9.17) is 4.42 Å². The van der Waals surface area contributed by atoms with Gasteiger partial charge in [-0.15, -0.1) is 0 Å². The topological polar surface area (TPSA) is 28.4 Å². The molecular weight excluding hydrogens is 775 g/mol. The summed E-state index contributed by atoms with van der Waals surface area (Å²) >= 11 is 0. The summed E-state index contributed by atoms with van der Waals surface area (Å²) in [5, 5.41) is 6.50. The number of hydrogen-bond acceptors (Lipinski definition) is 3. The number of hydrogen-bond donors (Lipinski definition) is 1. The lowest BCUT2D eigenvalue weighted by atomic mass is 9.57. The maximum absolute atomic E-state index is 6.96. The molecule has 326 valence electrons. The molecule has 0 atom stereocenters. The van der Waals surface area contributed by atoms with Gasteiger partial charge in [0.15, 0.2) is 12.9 Å². The highest BCUT2D eigenvalue weighted by molar-refractivity contribution is 6.73. The van der Waals surface area contributed by atoms with Crippen LogP contribution in [0.5, 0.6) is 0 Å². The first-order chi connectivity index (χ1) is 30.2. The van der Waals surface area contributed by atoms with E-state index in [1.807, 2.05) is 0 Å². The minimum atomic E-state index is 0.0576. The summed E-state index contributed by atoms with van der Waals surface area (Å²) in [5.41, 5.74) is 25.3. The molecule has 6 aromatic carbocycles. The van der Waals surface area contributed by atoms with E-state index in [1.54, 1.807) is 0 Å². The summed E-state index contributed by atoms with van der Waals surface area (Å²) in [4.78, 5) is 2.61. The van der Waals surface area contributed by atoms with Gasteiger partial charge in [0.05, 0.1) is 5.69 Å². The molecule has 0 saturated heterocycles. The van der Waals surface area contributed by atoms with E-state index < -0.39 is 0 Å². The molecule has 0 spiro atoms. The Morgan fingerprint density at radius 2 is 1.22 bits per heavy atom. The highest BCUT2D eigenvalue weighted by Gasteiger charge is 2.41. The minimum absolute atomic E-state index is 0.0576. The minimum Gasteiger partial charge on any atom is -0.454 e. The van der Waals surface area contributed by atoms with Gasteiger partial charge in [0.25, 0.3) is 0 Å². The predicted octanol–water partition coefficient (Wildman–Crippen LogP) is 15.1. The van der Waals surface area contributed by atoms with Gasteiger partial charge in [-0.1, -0.05) is 123 Å². The molecular formula is C60H67BN2O. The van der Waals surface area contributed by atoms with Crippen LogP contribution in [0.4, 0.5) is 28.4 Å². The molecule has 1 aromatic heterocycles. The number of benzene rings is 6. The van der Waals surface area contributed by atoms with E-state index in [0.29, 0.717) is 0 Å². The van der Waals surface area contributed by atoms with Crippen LogP contribution in [0.2, 0.25) is 0 Å². The van der Waals surface area contributed by atoms with Crippen molar-refractivity contribution < 1.29 is 4.42 Å². The summed E-state index contributed by atoms with van der Waals surface area (Å²) in [7, 11) is 0.812. The molecule has 0 radical (unpaired) electrons. The van der Waals surface area contributed by atoms with Crippen molar-refractivity contribution in [1.29, 1.82) is 0 Å². The fourth-order valence-corrected chi connectivity index (χ4v) is 12.6. The molecule has 3 aliphatic carbocycles. The molecule has 4 heteroatoms. The van der Waals surface area contributed by atoms with Gasteiger partial charge in [0.2, 0.25) is 0 Å². The van der Waals surface area contributed by atoms with Crippen LogP contribution in [0.15, 0.2) is 95.4 Å². The Labute approximate surface area is 383 Å². The fraction of sp³-hybridized carbons (Fsp3) is 0.400.